The van der Waals surface area contributed by atoms with Crippen LogP contribution in [0.5, 0.6) is 0 Å². The Bertz CT molecular complexity index is 1190. The first-order valence-corrected chi connectivity index (χ1v) is 9.92. The zero-order valence-corrected chi connectivity index (χ0v) is 16.2. The summed E-state index contributed by atoms with van der Waals surface area (Å²) < 4.78 is 0. The number of hydrogen-bond acceptors (Lipinski definition) is 5. The highest BCUT2D eigenvalue weighted by Gasteiger charge is 2.39. The van der Waals surface area contributed by atoms with Gasteiger partial charge in [-0.25, -0.2) is 0 Å². The molecular formula is C23H20N4O3. The minimum atomic E-state index is -0.592. The SMILES string of the molecule is O=C1CCC(N2Cc3cc(NCc4ccc5ccncc5c4)ccc3C2=O)C(=O)N1. The number of pyridine rings is 1. The van der Waals surface area contributed by atoms with Crippen LogP contribution in [-0.2, 0) is 22.7 Å². The van der Waals surface area contributed by atoms with Crippen LogP contribution in [0.2, 0.25) is 0 Å². The lowest BCUT2D eigenvalue weighted by atomic mass is 10.0. The van der Waals surface area contributed by atoms with Gasteiger partial charge in [0.05, 0.1) is 0 Å². The van der Waals surface area contributed by atoms with E-state index in [9.17, 15) is 14.4 Å². The predicted molar refractivity (Wildman–Crippen MR) is 112 cm³/mol. The highest BCUT2D eigenvalue weighted by molar-refractivity contribution is 6.05. The minimum absolute atomic E-state index is 0.159. The normalized spacial score (nSPS) is 18.5. The Labute approximate surface area is 173 Å². The maximum absolute atomic E-state index is 12.8. The van der Waals surface area contributed by atoms with E-state index in [4.69, 9.17) is 0 Å². The first-order valence-electron chi connectivity index (χ1n) is 9.92. The quantitative estimate of drug-likeness (QED) is 0.657. The molecule has 1 aromatic heterocycles. The van der Waals surface area contributed by atoms with Crippen molar-refractivity contribution >= 4 is 34.2 Å². The molecule has 0 radical (unpaired) electrons. The predicted octanol–water partition coefficient (Wildman–Crippen LogP) is 2.61. The van der Waals surface area contributed by atoms with Gasteiger partial charge in [0.1, 0.15) is 6.04 Å². The first kappa shape index (κ1) is 18.3. The van der Waals surface area contributed by atoms with Crippen LogP contribution in [0.25, 0.3) is 10.8 Å². The van der Waals surface area contributed by atoms with Crippen molar-refractivity contribution in [2.75, 3.05) is 5.32 Å². The van der Waals surface area contributed by atoms with Crippen LogP contribution in [0.3, 0.4) is 0 Å². The Morgan fingerprint density at radius 2 is 1.97 bits per heavy atom. The lowest BCUT2D eigenvalue weighted by Gasteiger charge is -2.29. The summed E-state index contributed by atoms with van der Waals surface area (Å²) >= 11 is 0. The van der Waals surface area contributed by atoms with Gasteiger partial charge in [-0.1, -0.05) is 12.1 Å². The maximum atomic E-state index is 12.8. The molecule has 150 valence electrons. The highest BCUT2D eigenvalue weighted by Crippen LogP contribution is 2.29. The number of carbonyl (C=O) groups excluding carboxylic acids is 3. The molecule has 1 unspecified atom stereocenters. The summed E-state index contributed by atoms with van der Waals surface area (Å²) in [5.41, 5.74) is 3.55. The Morgan fingerprint density at radius 1 is 1.07 bits per heavy atom. The number of imide groups is 1. The third kappa shape index (κ3) is 3.28. The smallest absolute Gasteiger partial charge is 0.255 e. The van der Waals surface area contributed by atoms with Crippen molar-refractivity contribution in [2.24, 2.45) is 0 Å². The van der Waals surface area contributed by atoms with E-state index >= 15 is 0 Å². The highest BCUT2D eigenvalue weighted by atomic mass is 16.2. The molecule has 0 bridgehead atoms. The van der Waals surface area contributed by atoms with E-state index < -0.39 is 11.9 Å². The number of carbonyl (C=O) groups is 3. The molecule has 1 atom stereocenters. The average Bonchev–Trinajstić information content (AvgIpc) is 3.08. The Kier molecular flexibility index (Phi) is 4.43. The van der Waals surface area contributed by atoms with E-state index in [-0.39, 0.29) is 18.2 Å². The molecule has 0 spiro atoms. The molecule has 1 saturated heterocycles. The number of nitrogens with zero attached hydrogens (tertiary/aromatic N) is 2. The largest absolute Gasteiger partial charge is 0.381 e. The standard InChI is InChI=1S/C23H20N4O3/c28-21-6-5-20(22(29)26-21)27-13-17-10-18(3-4-19(17)23(27)30)25-11-14-1-2-15-7-8-24-12-16(15)9-14/h1-4,7-10,12,20,25H,5-6,11,13H2,(H,26,28,29). The lowest BCUT2D eigenvalue weighted by molar-refractivity contribution is -0.136. The molecular weight excluding hydrogens is 380 g/mol. The van der Waals surface area contributed by atoms with Crippen molar-refractivity contribution in [3.63, 3.8) is 0 Å². The summed E-state index contributed by atoms with van der Waals surface area (Å²) in [6, 6.07) is 13.3. The van der Waals surface area contributed by atoms with Crippen LogP contribution in [0, 0.1) is 0 Å². The molecule has 3 heterocycles. The van der Waals surface area contributed by atoms with E-state index in [2.05, 4.69) is 33.8 Å². The average molecular weight is 400 g/mol. The summed E-state index contributed by atoms with van der Waals surface area (Å²) in [6.07, 6.45) is 4.25. The number of amides is 3. The fourth-order valence-corrected chi connectivity index (χ4v) is 4.13. The second-order valence-corrected chi connectivity index (χ2v) is 7.68. The van der Waals surface area contributed by atoms with Gasteiger partial charge < -0.3 is 10.2 Å². The number of rotatable bonds is 4. The van der Waals surface area contributed by atoms with E-state index in [1.165, 1.54) is 0 Å². The molecule has 0 saturated carbocycles. The van der Waals surface area contributed by atoms with Crippen molar-refractivity contribution in [2.45, 2.75) is 32.0 Å². The molecule has 3 amide bonds. The van der Waals surface area contributed by atoms with Crippen LogP contribution in [0.1, 0.15) is 34.3 Å². The number of hydrogen-bond donors (Lipinski definition) is 2. The molecule has 3 aromatic rings. The fraction of sp³-hybridized carbons (Fsp3) is 0.217. The number of anilines is 1. The first-order chi connectivity index (χ1) is 14.6. The summed E-state index contributed by atoms with van der Waals surface area (Å²) in [5.74, 6) is -0.832. The lowest BCUT2D eigenvalue weighted by Crippen LogP contribution is -2.52. The second-order valence-electron chi connectivity index (χ2n) is 7.68. The third-order valence-electron chi connectivity index (χ3n) is 5.73. The summed E-state index contributed by atoms with van der Waals surface area (Å²) in [7, 11) is 0. The van der Waals surface area contributed by atoms with Gasteiger partial charge in [-0.3, -0.25) is 24.7 Å². The number of benzene rings is 2. The number of nitrogens with one attached hydrogen (secondary N) is 2. The molecule has 2 aliphatic heterocycles. The van der Waals surface area contributed by atoms with Gasteiger partial charge in [-0.2, -0.15) is 0 Å². The molecule has 2 aliphatic rings. The zero-order valence-electron chi connectivity index (χ0n) is 16.2. The summed E-state index contributed by atoms with van der Waals surface area (Å²) in [4.78, 5) is 42.1. The van der Waals surface area contributed by atoms with Crippen LogP contribution in [-0.4, -0.2) is 33.6 Å². The van der Waals surface area contributed by atoms with E-state index in [1.54, 1.807) is 17.2 Å². The molecule has 2 N–H and O–H groups in total. The van der Waals surface area contributed by atoms with Crippen molar-refractivity contribution in [1.82, 2.24) is 15.2 Å². The van der Waals surface area contributed by atoms with Gasteiger partial charge in [-0.15, -0.1) is 0 Å². The molecule has 7 nitrogen and oxygen atoms in total. The fourth-order valence-electron chi connectivity index (χ4n) is 4.13. The second kappa shape index (κ2) is 7.26. The van der Waals surface area contributed by atoms with Crippen LogP contribution >= 0.6 is 0 Å². The van der Waals surface area contributed by atoms with Gasteiger partial charge >= 0.3 is 0 Å². The number of piperidine rings is 1. The monoisotopic (exact) mass is 400 g/mol. The van der Waals surface area contributed by atoms with Gasteiger partial charge in [-0.05, 0) is 53.3 Å². The van der Waals surface area contributed by atoms with Crippen molar-refractivity contribution in [3.05, 3.63) is 71.5 Å². The minimum Gasteiger partial charge on any atom is -0.381 e. The third-order valence-corrected chi connectivity index (χ3v) is 5.73. The molecule has 5 rings (SSSR count). The van der Waals surface area contributed by atoms with Gasteiger partial charge in [0.15, 0.2) is 0 Å². The van der Waals surface area contributed by atoms with Crippen LogP contribution < -0.4 is 10.6 Å². The molecule has 1 fully saturated rings. The number of fused-ring (bicyclic) bond motifs is 2. The van der Waals surface area contributed by atoms with Crippen molar-refractivity contribution < 1.29 is 14.4 Å². The Hall–Kier alpha value is -3.74. The Balaban J connectivity index is 1.30. The molecule has 0 aliphatic carbocycles. The molecule has 30 heavy (non-hydrogen) atoms. The van der Waals surface area contributed by atoms with E-state index in [1.807, 2.05) is 24.4 Å². The zero-order chi connectivity index (χ0) is 20.7. The topological polar surface area (TPSA) is 91.4 Å². The van der Waals surface area contributed by atoms with Gasteiger partial charge in [0, 0.05) is 48.5 Å². The van der Waals surface area contributed by atoms with Crippen molar-refractivity contribution in [3.8, 4) is 0 Å². The van der Waals surface area contributed by atoms with Crippen LogP contribution in [0.4, 0.5) is 5.69 Å². The molecule has 2 aromatic carbocycles. The maximum Gasteiger partial charge on any atom is 0.255 e. The summed E-state index contributed by atoms with van der Waals surface area (Å²) in [6.45, 7) is 1.02. The van der Waals surface area contributed by atoms with E-state index in [0.29, 0.717) is 25.1 Å². The van der Waals surface area contributed by atoms with Crippen LogP contribution in [0.15, 0.2) is 54.9 Å². The number of aromatic nitrogens is 1. The summed E-state index contributed by atoms with van der Waals surface area (Å²) in [5, 5.41) is 7.98. The van der Waals surface area contributed by atoms with Gasteiger partial charge in [0.25, 0.3) is 5.91 Å². The van der Waals surface area contributed by atoms with E-state index in [0.717, 1.165) is 27.6 Å². The van der Waals surface area contributed by atoms with Crippen molar-refractivity contribution in [1.29, 1.82) is 0 Å². The van der Waals surface area contributed by atoms with Gasteiger partial charge in [0.2, 0.25) is 11.8 Å². The Morgan fingerprint density at radius 3 is 2.83 bits per heavy atom. The molecule has 7 heteroatoms.